The Labute approximate surface area is 110 Å². The maximum atomic E-state index is 11.8. The van der Waals surface area contributed by atoms with Crippen molar-refractivity contribution in [2.75, 3.05) is 18.1 Å². The van der Waals surface area contributed by atoms with Gasteiger partial charge in [0.25, 0.3) is 0 Å². The van der Waals surface area contributed by atoms with Gasteiger partial charge in [0.2, 0.25) is 5.91 Å². The topological polar surface area (TPSA) is 72.2 Å². The zero-order valence-electron chi connectivity index (χ0n) is 10.8. The van der Waals surface area contributed by atoms with Crippen molar-refractivity contribution in [3.63, 3.8) is 0 Å². The van der Waals surface area contributed by atoms with E-state index in [1.54, 1.807) is 0 Å². The average molecular weight is 268 g/mol. The second-order valence-electron chi connectivity index (χ2n) is 4.11. The van der Waals surface area contributed by atoms with E-state index in [-0.39, 0.29) is 5.91 Å². The van der Waals surface area contributed by atoms with Crippen molar-refractivity contribution >= 4 is 16.7 Å². The highest BCUT2D eigenvalue weighted by Gasteiger charge is 2.14. The molecule has 18 heavy (non-hydrogen) atoms. The van der Waals surface area contributed by atoms with Crippen molar-refractivity contribution in [1.29, 1.82) is 0 Å². The number of aryl methyl sites for hydroxylation is 1. The van der Waals surface area contributed by atoms with Crippen LogP contribution in [-0.4, -0.2) is 28.2 Å². The lowest BCUT2D eigenvalue weighted by Gasteiger charge is -2.12. The monoisotopic (exact) mass is 268 g/mol. The molecule has 0 fully saturated rings. The number of benzene rings is 1. The summed E-state index contributed by atoms with van der Waals surface area (Å²) in [5.74, 6) is 0.856. The molecule has 0 bridgehead atoms. The average Bonchev–Trinajstić information content (AvgIpc) is 2.38. The first-order valence-electron chi connectivity index (χ1n) is 5.99. The number of carbonyl (C=O) groups excluding carboxylic acids is 1. The number of hydrogen-bond donors (Lipinski definition) is 2. The van der Waals surface area contributed by atoms with Crippen molar-refractivity contribution in [3.8, 4) is 0 Å². The minimum atomic E-state index is -0.860. The number of amides is 1. The molecule has 0 aromatic heterocycles. The molecule has 0 spiro atoms. The van der Waals surface area contributed by atoms with Gasteiger partial charge in [0.15, 0.2) is 0 Å². The van der Waals surface area contributed by atoms with E-state index in [4.69, 9.17) is 5.73 Å². The van der Waals surface area contributed by atoms with E-state index in [1.807, 2.05) is 38.1 Å². The number of nitrogens with two attached hydrogens (primary N) is 1. The molecule has 0 heterocycles. The van der Waals surface area contributed by atoms with Gasteiger partial charge in [0.05, 0.1) is 0 Å². The first kappa shape index (κ1) is 14.9. The van der Waals surface area contributed by atoms with Gasteiger partial charge >= 0.3 is 0 Å². The molecule has 1 rings (SSSR count). The maximum absolute atomic E-state index is 11.8. The van der Waals surface area contributed by atoms with E-state index < -0.39 is 16.8 Å². The number of hydrogen-bond acceptors (Lipinski definition) is 3. The molecule has 2 unspecified atom stereocenters. The summed E-state index contributed by atoms with van der Waals surface area (Å²) < 4.78 is 11.2. The Kier molecular flexibility index (Phi) is 6.01. The lowest BCUT2D eigenvalue weighted by molar-refractivity contribution is -0.122. The summed E-state index contributed by atoms with van der Waals surface area (Å²) in [6.45, 7) is 4.24. The van der Waals surface area contributed by atoms with Crippen LogP contribution in [0.25, 0.3) is 0 Å². The normalized spacial score (nSPS) is 13.9. The van der Waals surface area contributed by atoms with E-state index in [1.165, 1.54) is 0 Å². The summed E-state index contributed by atoms with van der Waals surface area (Å²) in [5, 5.41) is 2.70. The van der Waals surface area contributed by atoms with E-state index in [9.17, 15) is 9.00 Å². The Bertz CT molecular complexity index is 418. The van der Waals surface area contributed by atoms with Gasteiger partial charge in [-0.15, -0.1) is 0 Å². The van der Waals surface area contributed by atoms with Gasteiger partial charge in [0, 0.05) is 28.9 Å². The number of carbonyl (C=O) groups is 1. The second-order valence-corrected chi connectivity index (χ2v) is 5.98. The van der Waals surface area contributed by atoms with E-state index in [2.05, 4.69) is 5.32 Å². The van der Waals surface area contributed by atoms with E-state index in [0.717, 1.165) is 11.1 Å². The number of rotatable bonds is 6. The van der Waals surface area contributed by atoms with Gasteiger partial charge in [0.1, 0.15) is 6.04 Å². The predicted octanol–water partition coefficient (Wildman–Crippen LogP) is 0.880. The quantitative estimate of drug-likeness (QED) is 0.804. The highest BCUT2D eigenvalue weighted by Crippen LogP contribution is 2.11. The molecule has 1 amide bonds. The van der Waals surface area contributed by atoms with Gasteiger partial charge in [-0.3, -0.25) is 9.00 Å². The van der Waals surface area contributed by atoms with E-state index in [0.29, 0.717) is 18.1 Å². The molecule has 4 nitrogen and oxygen atoms in total. The van der Waals surface area contributed by atoms with Crippen LogP contribution in [0.1, 0.15) is 24.1 Å². The molecule has 3 N–H and O–H groups in total. The van der Waals surface area contributed by atoms with Crippen molar-refractivity contribution in [1.82, 2.24) is 5.32 Å². The lowest BCUT2D eigenvalue weighted by atomic mass is 10.1. The van der Waals surface area contributed by atoms with Crippen LogP contribution in [0, 0.1) is 6.92 Å². The number of nitrogens with one attached hydrogen (secondary N) is 1. The largest absolute Gasteiger partial charge is 0.354 e. The molecule has 0 saturated carbocycles. The fourth-order valence-electron chi connectivity index (χ4n) is 1.47. The van der Waals surface area contributed by atoms with Gasteiger partial charge in [-0.1, -0.05) is 36.8 Å². The summed E-state index contributed by atoms with van der Waals surface area (Å²) in [6.07, 6.45) is 0. The van der Waals surface area contributed by atoms with Crippen LogP contribution in [0.15, 0.2) is 24.3 Å². The molecular formula is C13H20N2O2S. The molecule has 0 aliphatic carbocycles. The molecule has 0 saturated heterocycles. The predicted molar refractivity (Wildman–Crippen MR) is 74.7 cm³/mol. The molecule has 1 aromatic rings. The molecule has 0 aliphatic rings. The third-order valence-electron chi connectivity index (χ3n) is 2.67. The minimum Gasteiger partial charge on any atom is -0.354 e. The summed E-state index contributed by atoms with van der Waals surface area (Å²) in [4.78, 5) is 11.8. The van der Waals surface area contributed by atoms with Crippen LogP contribution < -0.4 is 11.1 Å². The Morgan fingerprint density at radius 2 is 2.00 bits per heavy atom. The standard InChI is InChI=1S/C13H20N2O2S/c1-3-18(17)9-8-15-13(16)12(14)11-6-4-10(2)5-7-11/h4-7,12H,3,8-9,14H2,1-2H3,(H,15,16). The smallest absolute Gasteiger partial charge is 0.241 e. The molecular weight excluding hydrogens is 248 g/mol. The molecule has 0 radical (unpaired) electrons. The second kappa shape index (κ2) is 7.28. The first-order valence-corrected chi connectivity index (χ1v) is 7.48. The van der Waals surface area contributed by atoms with Gasteiger partial charge in [-0.05, 0) is 12.5 Å². The summed E-state index contributed by atoms with van der Waals surface area (Å²) in [7, 11) is -0.860. The van der Waals surface area contributed by atoms with Crippen LogP contribution in [0.3, 0.4) is 0 Å². The van der Waals surface area contributed by atoms with Gasteiger partial charge < -0.3 is 11.1 Å². The van der Waals surface area contributed by atoms with Crippen LogP contribution in [0.2, 0.25) is 0 Å². The van der Waals surface area contributed by atoms with Gasteiger partial charge in [-0.25, -0.2) is 0 Å². The van der Waals surface area contributed by atoms with E-state index >= 15 is 0 Å². The molecule has 1 aromatic carbocycles. The minimum absolute atomic E-state index is 0.230. The third-order valence-corrected chi connectivity index (χ3v) is 3.97. The van der Waals surface area contributed by atoms with Gasteiger partial charge in [-0.2, -0.15) is 0 Å². The molecule has 5 heteroatoms. The van der Waals surface area contributed by atoms with Crippen molar-refractivity contribution in [3.05, 3.63) is 35.4 Å². The highest BCUT2D eigenvalue weighted by molar-refractivity contribution is 7.84. The molecule has 2 atom stereocenters. The summed E-state index contributed by atoms with van der Waals surface area (Å²) >= 11 is 0. The van der Waals surface area contributed by atoms with Crippen LogP contribution in [-0.2, 0) is 15.6 Å². The maximum Gasteiger partial charge on any atom is 0.241 e. The first-order chi connectivity index (χ1) is 8.54. The Morgan fingerprint density at radius 1 is 1.39 bits per heavy atom. The van der Waals surface area contributed by atoms with Crippen LogP contribution in [0.5, 0.6) is 0 Å². The molecule has 100 valence electrons. The highest BCUT2D eigenvalue weighted by atomic mass is 32.2. The van der Waals surface area contributed by atoms with Crippen molar-refractivity contribution in [2.45, 2.75) is 19.9 Å². The Morgan fingerprint density at radius 3 is 2.56 bits per heavy atom. The van der Waals surface area contributed by atoms with Crippen molar-refractivity contribution < 1.29 is 9.00 Å². The third kappa shape index (κ3) is 4.58. The SMILES string of the molecule is CCS(=O)CCNC(=O)C(N)c1ccc(C)cc1. The molecule has 0 aliphatic heterocycles. The summed E-state index contributed by atoms with van der Waals surface area (Å²) in [6, 6.07) is 6.89. The van der Waals surface area contributed by atoms with Crippen LogP contribution >= 0.6 is 0 Å². The zero-order chi connectivity index (χ0) is 13.5. The van der Waals surface area contributed by atoms with Crippen LogP contribution in [0.4, 0.5) is 0 Å². The Balaban J connectivity index is 2.46. The zero-order valence-corrected chi connectivity index (χ0v) is 11.6. The summed E-state index contributed by atoms with van der Waals surface area (Å²) in [5.41, 5.74) is 7.77. The van der Waals surface area contributed by atoms with Crippen molar-refractivity contribution in [2.24, 2.45) is 5.73 Å². The fourth-order valence-corrected chi connectivity index (χ4v) is 2.09. The fraction of sp³-hybridized carbons (Fsp3) is 0.462. The lowest BCUT2D eigenvalue weighted by Crippen LogP contribution is -2.36. The Hall–Kier alpha value is -1.20.